The SMILES string of the molecule is Cc1ccc(S(=O)(=O)N(CC(=O)Nc2ccc(OCc3ccccc3)cc2)Cc2ccc(Cl)cc2Cl)cc1. The quantitative estimate of drug-likeness (QED) is 0.230. The second-order valence-corrected chi connectivity index (χ2v) is 11.5. The first-order chi connectivity index (χ1) is 18.2. The minimum Gasteiger partial charge on any atom is -0.489 e. The first kappa shape index (κ1) is 27.7. The molecule has 1 N–H and O–H groups in total. The molecule has 4 aromatic rings. The number of rotatable bonds is 10. The molecule has 0 spiro atoms. The van der Waals surface area contributed by atoms with Crippen molar-refractivity contribution in [1.82, 2.24) is 4.31 Å². The van der Waals surface area contributed by atoms with Crippen molar-refractivity contribution >= 4 is 44.8 Å². The summed E-state index contributed by atoms with van der Waals surface area (Å²) in [6.07, 6.45) is 0. The molecule has 196 valence electrons. The van der Waals surface area contributed by atoms with Crippen LogP contribution in [0, 0.1) is 6.92 Å². The Labute approximate surface area is 232 Å². The van der Waals surface area contributed by atoms with E-state index in [4.69, 9.17) is 27.9 Å². The molecule has 0 aromatic heterocycles. The Bertz CT molecular complexity index is 1490. The lowest BCUT2D eigenvalue weighted by molar-refractivity contribution is -0.116. The lowest BCUT2D eigenvalue weighted by Gasteiger charge is -2.22. The zero-order valence-electron chi connectivity index (χ0n) is 20.6. The fourth-order valence-electron chi connectivity index (χ4n) is 3.66. The van der Waals surface area contributed by atoms with Gasteiger partial charge in [0.25, 0.3) is 0 Å². The molecule has 9 heteroatoms. The maximum absolute atomic E-state index is 13.5. The van der Waals surface area contributed by atoms with Crippen molar-refractivity contribution in [1.29, 1.82) is 0 Å². The van der Waals surface area contributed by atoms with Gasteiger partial charge in [0.15, 0.2) is 0 Å². The molecule has 4 aromatic carbocycles. The summed E-state index contributed by atoms with van der Waals surface area (Å²) >= 11 is 12.3. The Kier molecular flexibility index (Phi) is 9.07. The van der Waals surface area contributed by atoms with Crippen LogP contribution in [0.3, 0.4) is 0 Å². The highest BCUT2D eigenvalue weighted by Gasteiger charge is 2.27. The molecule has 0 heterocycles. The number of carbonyl (C=O) groups is 1. The fourth-order valence-corrected chi connectivity index (χ4v) is 5.50. The van der Waals surface area contributed by atoms with Crippen LogP contribution < -0.4 is 10.1 Å². The molecule has 0 aliphatic rings. The molecule has 0 aliphatic carbocycles. The monoisotopic (exact) mass is 568 g/mol. The minimum absolute atomic E-state index is 0.0842. The van der Waals surface area contributed by atoms with Gasteiger partial charge < -0.3 is 10.1 Å². The topological polar surface area (TPSA) is 75.7 Å². The molecular formula is C29H26Cl2N2O4S. The van der Waals surface area contributed by atoms with Gasteiger partial charge in [-0.2, -0.15) is 4.31 Å². The molecule has 0 aliphatic heterocycles. The summed E-state index contributed by atoms with van der Waals surface area (Å²) < 4.78 is 33.9. The van der Waals surface area contributed by atoms with E-state index in [1.807, 2.05) is 37.3 Å². The highest BCUT2D eigenvalue weighted by molar-refractivity contribution is 7.89. The van der Waals surface area contributed by atoms with Gasteiger partial charge in [0, 0.05) is 22.3 Å². The normalized spacial score (nSPS) is 11.4. The number of amides is 1. The summed E-state index contributed by atoms with van der Waals surface area (Å²) in [5.74, 6) is 0.150. The van der Waals surface area contributed by atoms with Crippen LogP contribution in [0.25, 0.3) is 0 Å². The molecule has 38 heavy (non-hydrogen) atoms. The molecule has 6 nitrogen and oxygen atoms in total. The van der Waals surface area contributed by atoms with Crippen molar-refractivity contribution < 1.29 is 17.9 Å². The summed E-state index contributed by atoms with van der Waals surface area (Å²) in [6, 6.07) is 27.9. The Balaban J connectivity index is 1.48. The largest absolute Gasteiger partial charge is 0.489 e. The number of halogens is 2. The van der Waals surface area contributed by atoms with E-state index in [0.29, 0.717) is 33.7 Å². The van der Waals surface area contributed by atoms with Crippen molar-refractivity contribution in [2.45, 2.75) is 25.0 Å². The van der Waals surface area contributed by atoms with E-state index in [-0.39, 0.29) is 11.4 Å². The van der Waals surface area contributed by atoms with Crippen LogP contribution in [0.15, 0.2) is 102 Å². The van der Waals surface area contributed by atoms with E-state index in [0.717, 1.165) is 15.4 Å². The summed E-state index contributed by atoms with van der Waals surface area (Å²) in [6.45, 7) is 1.77. The lowest BCUT2D eigenvalue weighted by atomic mass is 10.2. The molecule has 1 amide bonds. The van der Waals surface area contributed by atoms with E-state index >= 15 is 0 Å². The van der Waals surface area contributed by atoms with Crippen molar-refractivity contribution in [3.05, 3.63) is 124 Å². The second-order valence-electron chi connectivity index (χ2n) is 8.67. The highest BCUT2D eigenvalue weighted by atomic mass is 35.5. The summed E-state index contributed by atoms with van der Waals surface area (Å²) in [5.41, 5.74) is 3.00. The minimum atomic E-state index is -4.01. The summed E-state index contributed by atoms with van der Waals surface area (Å²) in [5, 5.41) is 3.51. The Morgan fingerprint density at radius 3 is 2.24 bits per heavy atom. The van der Waals surface area contributed by atoms with Crippen LogP contribution in [-0.2, 0) is 28.0 Å². The third-order valence-electron chi connectivity index (χ3n) is 5.73. The number of nitrogens with one attached hydrogen (secondary N) is 1. The smallest absolute Gasteiger partial charge is 0.243 e. The van der Waals surface area contributed by atoms with E-state index in [1.165, 1.54) is 18.2 Å². The van der Waals surface area contributed by atoms with Gasteiger partial charge >= 0.3 is 0 Å². The number of aryl methyl sites for hydroxylation is 1. The average molecular weight is 570 g/mol. The van der Waals surface area contributed by atoms with Gasteiger partial charge in [0.1, 0.15) is 12.4 Å². The predicted octanol–water partition coefficient (Wildman–Crippen LogP) is 6.71. The van der Waals surface area contributed by atoms with Gasteiger partial charge in [-0.05, 0) is 66.6 Å². The first-order valence-electron chi connectivity index (χ1n) is 11.8. The van der Waals surface area contributed by atoms with Crippen LogP contribution in [0.2, 0.25) is 10.0 Å². The number of carbonyl (C=O) groups excluding carboxylic acids is 1. The van der Waals surface area contributed by atoms with Gasteiger partial charge in [-0.3, -0.25) is 4.79 Å². The Morgan fingerprint density at radius 2 is 1.58 bits per heavy atom. The molecule has 0 saturated carbocycles. The maximum atomic E-state index is 13.5. The average Bonchev–Trinajstić information content (AvgIpc) is 2.90. The molecule has 0 saturated heterocycles. The zero-order chi connectivity index (χ0) is 27.1. The van der Waals surface area contributed by atoms with Crippen molar-refractivity contribution in [3.63, 3.8) is 0 Å². The molecule has 0 fully saturated rings. The van der Waals surface area contributed by atoms with Crippen LogP contribution >= 0.6 is 23.2 Å². The van der Waals surface area contributed by atoms with E-state index < -0.39 is 22.5 Å². The number of anilines is 1. The third kappa shape index (κ3) is 7.36. The number of nitrogens with zero attached hydrogens (tertiary/aromatic N) is 1. The molecule has 0 radical (unpaired) electrons. The van der Waals surface area contributed by atoms with Crippen LogP contribution in [-0.4, -0.2) is 25.2 Å². The molecular weight excluding hydrogens is 543 g/mol. The number of hydrogen-bond acceptors (Lipinski definition) is 4. The maximum Gasteiger partial charge on any atom is 0.243 e. The van der Waals surface area contributed by atoms with Crippen LogP contribution in [0.4, 0.5) is 5.69 Å². The predicted molar refractivity (Wildman–Crippen MR) is 151 cm³/mol. The number of ether oxygens (including phenoxy) is 1. The fraction of sp³-hybridized carbons (Fsp3) is 0.138. The standard InChI is InChI=1S/C29H26Cl2N2O4S/c1-21-7-15-27(16-8-21)38(35,36)33(18-23-9-10-24(30)17-28(23)31)19-29(34)32-25-11-13-26(14-12-25)37-20-22-5-3-2-4-6-22/h2-17H,18-20H2,1H3,(H,32,34). The highest BCUT2D eigenvalue weighted by Crippen LogP contribution is 2.26. The number of benzene rings is 4. The van der Waals surface area contributed by atoms with Gasteiger partial charge in [0.2, 0.25) is 15.9 Å². The lowest BCUT2D eigenvalue weighted by Crippen LogP contribution is -2.37. The van der Waals surface area contributed by atoms with Gasteiger partial charge in [0.05, 0.1) is 11.4 Å². The number of hydrogen-bond donors (Lipinski definition) is 1. The first-order valence-corrected chi connectivity index (χ1v) is 14.0. The number of sulfonamides is 1. The van der Waals surface area contributed by atoms with Crippen LogP contribution in [0.5, 0.6) is 5.75 Å². The molecule has 0 atom stereocenters. The summed E-state index contributed by atoms with van der Waals surface area (Å²) in [4.78, 5) is 13.1. The van der Waals surface area contributed by atoms with Crippen LogP contribution in [0.1, 0.15) is 16.7 Å². The van der Waals surface area contributed by atoms with Gasteiger partial charge in [-0.15, -0.1) is 0 Å². The second kappa shape index (κ2) is 12.5. The van der Waals surface area contributed by atoms with Gasteiger partial charge in [-0.25, -0.2) is 8.42 Å². The van der Waals surface area contributed by atoms with Crippen molar-refractivity contribution in [2.24, 2.45) is 0 Å². The van der Waals surface area contributed by atoms with Crippen molar-refractivity contribution in [2.75, 3.05) is 11.9 Å². The zero-order valence-corrected chi connectivity index (χ0v) is 22.9. The molecule has 0 bridgehead atoms. The van der Waals surface area contributed by atoms with E-state index in [1.54, 1.807) is 48.5 Å². The van der Waals surface area contributed by atoms with Gasteiger partial charge in [-0.1, -0.05) is 77.3 Å². The Morgan fingerprint density at radius 1 is 0.895 bits per heavy atom. The third-order valence-corrected chi connectivity index (χ3v) is 8.12. The molecule has 0 unspecified atom stereocenters. The Hall–Kier alpha value is -3.36. The summed E-state index contributed by atoms with van der Waals surface area (Å²) in [7, 11) is -4.01. The van der Waals surface area contributed by atoms with E-state index in [2.05, 4.69) is 5.32 Å². The van der Waals surface area contributed by atoms with E-state index in [9.17, 15) is 13.2 Å². The molecule has 4 rings (SSSR count). The van der Waals surface area contributed by atoms with Crippen molar-refractivity contribution in [3.8, 4) is 5.75 Å².